The van der Waals surface area contributed by atoms with Crippen LogP contribution in [0.15, 0.2) is 0 Å². The molecule has 0 radical (unpaired) electrons. The summed E-state index contributed by atoms with van der Waals surface area (Å²) >= 11 is 0. The van der Waals surface area contributed by atoms with Crippen molar-refractivity contribution < 1.29 is 10.2 Å². The van der Waals surface area contributed by atoms with Crippen LogP contribution in [0.4, 0.5) is 0 Å². The Labute approximate surface area is 56.5 Å². The van der Waals surface area contributed by atoms with Crippen molar-refractivity contribution in [3.05, 3.63) is 0 Å². The maximum Gasteiger partial charge on any atom is 0.0538 e. The van der Waals surface area contributed by atoms with Gasteiger partial charge in [0, 0.05) is 0 Å². The van der Waals surface area contributed by atoms with Gasteiger partial charge >= 0.3 is 0 Å². The normalized spacial score (nSPS) is 17.3. The Balaban J connectivity index is 3.06. The van der Waals surface area contributed by atoms with Crippen LogP contribution in [0.25, 0.3) is 0 Å². The zero-order valence-corrected chi connectivity index (χ0v) is 6.17. The van der Waals surface area contributed by atoms with Crippen molar-refractivity contribution in [3.63, 3.8) is 0 Å². The smallest absolute Gasteiger partial charge is 0.0538 e. The van der Waals surface area contributed by atoms with E-state index < -0.39 is 0 Å². The summed E-state index contributed by atoms with van der Waals surface area (Å²) in [5.74, 6) is 0. The van der Waals surface area contributed by atoms with Gasteiger partial charge in [-0.3, -0.25) is 0 Å². The lowest BCUT2D eigenvalue weighted by Crippen LogP contribution is -2.08. The van der Waals surface area contributed by atoms with E-state index in [9.17, 15) is 0 Å². The number of hydrogen-bond acceptors (Lipinski definition) is 2. The van der Waals surface area contributed by atoms with Crippen molar-refractivity contribution >= 4 is 0 Å². The second kappa shape index (κ2) is 4.77. The van der Waals surface area contributed by atoms with E-state index in [1.54, 1.807) is 6.92 Å². The summed E-state index contributed by atoms with van der Waals surface area (Å²) in [5.41, 5.74) is 0. The van der Waals surface area contributed by atoms with E-state index in [2.05, 4.69) is 0 Å². The molecular formula is C7H16O2. The third-order valence-electron chi connectivity index (χ3n) is 1.39. The number of hydrogen-bond donors (Lipinski definition) is 2. The molecule has 0 saturated heterocycles. The van der Waals surface area contributed by atoms with Crippen molar-refractivity contribution in [1.29, 1.82) is 0 Å². The second-order valence-corrected chi connectivity index (χ2v) is 2.49. The van der Waals surface area contributed by atoms with Gasteiger partial charge in [0.1, 0.15) is 0 Å². The minimum atomic E-state index is -0.272. The summed E-state index contributed by atoms with van der Waals surface area (Å²) in [6.07, 6.45) is 1.71. The highest BCUT2D eigenvalue weighted by Crippen LogP contribution is 2.03. The van der Waals surface area contributed by atoms with Crippen LogP contribution < -0.4 is 0 Å². The summed E-state index contributed by atoms with van der Waals surface area (Å²) in [4.78, 5) is 0. The van der Waals surface area contributed by atoms with Crippen LogP contribution in [0.3, 0.4) is 0 Å². The average Bonchev–Trinajstić information content (AvgIpc) is 1.83. The molecule has 0 unspecified atom stereocenters. The molecule has 0 heterocycles. The Morgan fingerprint density at radius 3 is 2.11 bits per heavy atom. The third-order valence-corrected chi connectivity index (χ3v) is 1.39. The highest BCUT2D eigenvalue weighted by atomic mass is 16.3. The van der Waals surface area contributed by atoms with Crippen LogP contribution in [0.1, 0.15) is 33.1 Å². The van der Waals surface area contributed by atoms with Gasteiger partial charge in [0.25, 0.3) is 0 Å². The molecule has 2 heteroatoms. The van der Waals surface area contributed by atoms with Crippen LogP contribution in [-0.2, 0) is 0 Å². The fourth-order valence-electron chi connectivity index (χ4n) is 0.638. The molecule has 0 rings (SSSR count). The molecule has 0 fully saturated rings. The lowest BCUT2D eigenvalue weighted by molar-refractivity contribution is 0.120. The molecule has 0 saturated carbocycles. The largest absolute Gasteiger partial charge is 0.393 e. The van der Waals surface area contributed by atoms with Crippen molar-refractivity contribution in [3.8, 4) is 0 Å². The molecule has 0 aliphatic rings. The molecule has 2 atom stereocenters. The molecular weight excluding hydrogens is 116 g/mol. The average molecular weight is 132 g/mol. The molecule has 0 amide bonds. The quantitative estimate of drug-likeness (QED) is 0.597. The maximum atomic E-state index is 9.00. The summed E-state index contributed by atoms with van der Waals surface area (Å²) in [6.45, 7) is 3.68. The zero-order valence-electron chi connectivity index (χ0n) is 6.17. The monoisotopic (exact) mass is 132 g/mol. The lowest BCUT2D eigenvalue weighted by Gasteiger charge is -2.07. The molecule has 56 valence electrons. The fourth-order valence-corrected chi connectivity index (χ4v) is 0.638. The zero-order chi connectivity index (χ0) is 7.28. The summed E-state index contributed by atoms with van der Waals surface area (Å²) in [7, 11) is 0. The Morgan fingerprint density at radius 2 is 1.78 bits per heavy atom. The minimum absolute atomic E-state index is 0.223. The minimum Gasteiger partial charge on any atom is -0.393 e. The van der Waals surface area contributed by atoms with Gasteiger partial charge in [-0.2, -0.15) is 0 Å². The second-order valence-electron chi connectivity index (χ2n) is 2.49. The Bertz CT molecular complexity index is 61.9. The molecule has 0 aromatic rings. The van der Waals surface area contributed by atoms with Crippen LogP contribution in [-0.4, -0.2) is 22.4 Å². The van der Waals surface area contributed by atoms with E-state index in [0.29, 0.717) is 12.8 Å². The Kier molecular flexibility index (Phi) is 4.72. The van der Waals surface area contributed by atoms with Gasteiger partial charge in [-0.1, -0.05) is 6.92 Å². The first-order valence-electron chi connectivity index (χ1n) is 3.53. The Hall–Kier alpha value is -0.0800. The summed E-state index contributed by atoms with van der Waals surface area (Å²) in [5, 5.41) is 17.8. The van der Waals surface area contributed by atoms with Gasteiger partial charge < -0.3 is 10.2 Å². The van der Waals surface area contributed by atoms with E-state index in [4.69, 9.17) is 10.2 Å². The first-order chi connectivity index (χ1) is 4.16. The SMILES string of the molecule is CC[C@@H](O)CC[C@@H](C)O. The van der Waals surface area contributed by atoms with Crippen LogP contribution in [0.2, 0.25) is 0 Å². The number of aliphatic hydroxyl groups is 2. The van der Waals surface area contributed by atoms with E-state index in [1.165, 1.54) is 0 Å². The van der Waals surface area contributed by atoms with Crippen LogP contribution in [0, 0.1) is 0 Å². The first kappa shape index (κ1) is 8.92. The van der Waals surface area contributed by atoms with Crippen molar-refractivity contribution in [1.82, 2.24) is 0 Å². The van der Waals surface area contributed by atoms with E-state index in [1.807, 2.05) is 6.92 Å². The predicted molar refractivity (Wildman–Crippen MR) is 37.2 cm³/mol. The van der Waals surface area contributed by atoms with Gasteiger partial charge in [0.2, 0.25) is 0 Å². The number of rotatable bonds is 4. The molecule has 0 aliphatic heterocycles. The molecule has 2 N–H and O–H groups in total. The molecule has 0 bridgehead atoms. The third kappa shape index (κ3) is 5.80. The van der Waals surface area contributed by atoms with Gasteiger partial charge in [0.15, 0.2) is 0 Å². The van der Waals surface area contributed by atoms with Gasteiger partial charge in [-0.25, -0.2) is 0 Å². The van der Waals surface area contributed by atoms with E-state index in [-0.39, 0.29) is 12.2 Å². The van der Waals surface area contributed by atoms with Crippen molar-refractivity contribution in [2.24, 2.45) is 0 Å². The highest BCUT2D eigenvalue weighted by Gasteiger charge is 2.01. The summed E-state index contributed by atoms with van der Waals surface area (Å²) in [6, 6.07) is 0. The maximum absolute atomic E-state index is 9.00. The van der Waals surface area contributed by atoms with Crippen molar-refractivity contribution in [2.75, 3.05) is 0 Å². The highest BCUT2D eigenvalue weighted by molar-refractivity contribution is 4.55. The topological polar surface area (TPSA) is 40.5 Å². The summed E-state index contributed by atoms with van der Waals surface area (Å²) < 4.78 is 0. The first-order valence-corrected chi connectivity index (χ1v) is 3.53. The lowest BCUT2D eigenvalue weighted by atomic mass is 10.1. The fraction of sp³-hybridized carbons (Fsp3) is 1.00. The molecule has 0 spiro atoms. The van der Waals surface area contributed by atoms with Crippen molar-refractivity contribution in [2.45, 2.75) is 45.3 Å². The van der Waals surface area contributed by atoms with E-state index >= 15 is 0 Å². The van der Waals surface area contributed by atoms with Crippen LogP contribution in [0.5, 0.6) is 0 Å². The molecule has 0 aliphatic carbocycles. The Morgan fingerprint density at radius 1 is 1.22 bits per heavy atom. The van der Waals surface area contributed by atoms with Crippen LogP contribution >= 0.6 is 0 Å². The predicted octanol–water partition coefficient (Wildman–Crippen LogP) is 0.918. The molecule has 9 heavy (non-hydrogen) atoms. The standard InChI is InChI=1S/C7H16O2/c1-3-7(9)5-4-6(2)8/h6-9H,3-5H2,1-2H3/t6-,7-/m1/s1. The van der Waals surface area contributed by atoms with Gasteiger partial charge in [-0.05, 0) is 26.2 Å². The molecule has 0 aromatic carbocycles. The van der Waals surface area contributed by atoms with Gasteiger partial charge in [0.05, 0.1) is 12.2 Å². The molecule has 2 nitrogen and oxygen atoms in total. The van der Waals surface area contributed by atoms with E-state index in [0.717, 1.165) is 6.42 Å². The molecule has 0 aromatic heterocycles. The number of aliphatic hydroxyl groups excluding tert-OH is 2. The van der Waals surface area contributed by atoms with Gasteiger partial charge in [-0.15, -0.1) is 0 Å².